The van der Waals surface area contributed by atoms with Crippen molar-refractivity contribution >= 4 is 5.91 Å². The van der Waals surface area contributed by atoms with Crippen LogP contribution >= 0.6 is 0 Å². The lowest BCUT2D eigenvalue weighted by Gasteiger charge is -2.13. The number of carbonyl (C=O) groups is 1. The van der Waals surface area contributed by atoms with Crippen molar-refractivity contribution in [3.8, 4) is 6.07 Å². The van der Waals surface area contributed by atoms with E-state index in [1.807, 2.05) is 6.07 Å². The number of amides is 1. The van der Waals surface area contributed by atoms with Crippen molar-refractivity contribution < 1.29 is 4.79 Å². The summed E-state index contributed by atoms with van der Waals surface area (Å²) in [6, 6.07) is 2.01. The van der Waals surface area contributed by atoms with Crippen molar-refractivity contribution in [3.63, 3.8) is 0 Å². The molecule has 11 heavy (non-hydrogen) atoms. The number of hydrogen-bond donors (Lipinski definition) is 1. The van der Waals surface area contributed by atoms with Crippen molar-refractivity contribution in [1.29, 1.82) is 5.26 Å². The third-order valence-electron chi connectivity index (χ3n) is 1.94. The van der Waals surface area contributed by atoms with Gasteiger partial charge < -0.3 is 5.32 Å². The summed E-state index contributed by atoms with van der Waals surface area (Å²) in [4.78, 5) is 11.1. The van der Waals surface area contributed by atoms with E-state index < -0.39 is 5.92 Å². The van der Waals surface area contributed by atoms with Crippen LogP contribution in [0.25, 0.3) is 0 Å². The second kappa shape index (κ2) is 3.97. The van der Waals surface area contributed by atoms with Gasteiger partial charge in [-0.15, -0.1) is 0 Å². The van der Waals surface area contributed by atoms with E-state index in [1.54, 1.807) is 0 Å². The molecule has 0 radical (unpaired) electrons. The Morgan fingerprint density at radius 2 is 2.27 bits per heavy atom. The predicted octanol–water partition coefficient (Wildman–Crippen LogP) is 0.816. The van der Waals surface area contributed by atoms with Crippen molar-refractivity contribution in [2.45, 2.75) is 25.7 Å². The Bertz CT molecular complexity index is 183. The zero-order valence-corrected chi connectivity index (χ0v) is 6.47. The molecule has 1 atom stereocenters. The first-order chi connectivity index (χ1) is 5.34. The van der Waals surface area contributed by atoms with E-state index >= 15 is 0 Å². The summed E-state index contributed by atoms with van der Waals surface area (Å²) in [5, 5.41) is 11.3. The van der Waals surface area contributed by atoms with Gasteiger partial charge in [-0.25, -0.2) is 0 Å². The number of nitrogens with zero attached hydrogens (tertiary/aromatic N) is 1. The largest absolute Gasteiger partial charge is 0.355 e. The van der Waals surface area contributed by atoms with Crippen LogP contribution in [0.3, 0.4) is 0 Å². The molecule has 3 nitrogen and oxygen atoms in total. The maximum Gasteiger partial charge on any atom is 0.237 e. The van der Waals surface area contributed by atoms with E-state index in [2.05, 4.69) is 5.32 Å². The number of carbonyl (C=O) groups excluding carboxylic acids is 1. The van der Waals surface area contributed by atoms with Gasteiger partial charge in [0.1, 0.15) is 5.92 Å². The molecule has 1 amide bonds. The molecule has 0 spiro atoms. The lowest BCUT2D eigenvalue weighted by molar-refractivity contribution is -0.123. The number of nitriles is 1. The van der Waals surface area contributed by atoms with Gasteiger partial charge in [-0.05, 0) is 12.8 Å². The van der Waals surface area contributed by atoms with Gasteiger partial charge in [0.05, 0.1) is 6.07 Å². The molecule has 1 N–H and O–H groups in total. The standard InChI is InChI=1S/C8H12N2O/c9-6-7-4-2-1-3-5-10-8(7)11/h7H,1-5H2,(H,10,11). The van der Waals surface area contributed by atoms with Crippen LogP contribution in [-0.4, -0.2) is 12.5 Å². The molecule has 0 saturated carbocycles. The van der Waals surface area contributed by atoms with Gasteiger partial charge >= 0.3 is 0 Å². The predicted molar refractivity (Wildman–Crippen MR) is 40.6 cm³/mol. The maximum absolute atomic E-state index is 11.1. The Kier molecular flexibility index (Phi) is 2.91. The second-order valence-electron chi connectivity index (χ2n) is 2.82. The zero-order valence-electron chi connectivity index (χ0n) is 6.47. The minimum absolute atomic E-state index is 0.0906. The normalized spacial score (nSPS) is 26.1. The summed E-state index contributed by atoms with van der Waals surface area (Å²) >= 11 is 0. The highest BCUT2D eigenvalue weighted by molar-refractivity contribution is 5.80. The molecule has 0 aliphatic carbocycles. The quantitative estimate of drug-likeness (QED) is 0.558. The molecule has 0 aromatic heterocycles. The molecule has 1 fully saturated rings. The van der Waals surface area contributed by atoms with Crippen LogP contribution in [0.15, 0.2) is 0 Å². The number of rotatable bonds is 0. The van der Waals surface area contributed by atoms with Crippen LogP contribution < -0.4 is 5.32 Å². The van der Waals surface area contributed by atoms with Crippen molar-refractivity contribution in [2.24, 2.45) is 5.92 Å². The average molecular weight is 152 g/mol. The van der Waals surface area contributed by atoms with E-state index in [-0.39, 0.29) is 5.91 Å². The smallest absolute Gasteiger partial charge is 0.237 e. The Hall–Kier alpha value is -1.04. The van der Waals surface area contributed by atoms with Gasteiger partial charge in [0.15, 0.2) is 0 Å². The zero-order chi connectivity index (χ0) is 8.10. The molecule has 0 aromatic rings. The fourth-order valence-corrected chi connectivity index (χ4v) is 1.24. The van der Waals surface area contributed by atoms with Crippen LogP contribution in [0, 0.1) is 17.2 Å². The Morgan fingerprint density at radius 1 is 1.45 bits per heavy atom. The number of hydrogen-bond acceptors (Lipinski definition) is 2. The molecular weight excluding hydrogens is 140 g/mol. The Balaban J connectivity index is 2.48. The number of nitrogens with one attached hydrogen (secondary N) is 1. The van der Waals surface area contributed by atoms with E-state index in [4.69, 9.17) is 5.26 Å². The van der Waals surface area contributed by atoms with E-state index in [1.165, 1.54) is 0 Å². The van der Waals surface area contributed by atoms with Crippen molar-refractivity contribution in [3.05, 3.63) is 0 Å². The molecular formula is C8H12N2O. The van der Waals surface area contributed by atoms with Crippen LogP contribution in [0.2, 0.25) is 0 Å². The fourth-order valence-electron chi connectivity index (χ4n) is 1.24. The summed E-state index contributed by atoms with van der Waals surface area (Å²) in [5.74, 6) is -0.498. The molecule has 0 bridgehead atoms. The molecule has 1 unspecified atom stereocenters. The van der Waals surface area contributed by atoms with Gasteiger partial charge in [0.25, 0.3) is 0 Å². The first kappa shape index (κ1) is 8.06. The van der Waals surface area contributed by atoms with E-state index in [9.17, 15) is 4.79 Å². The summed E-state index contributed by atoms with van der Waals surface area (Å²) in [5.41, 5.74) is 0. The van der Waals surface area contributed by atoms with Gasteiger partial charge in [-0.1, -0.05) is 12.8 Å². The molecule has 1 rings (SSSR count). The summed E-state index contributed by atoms with van der Waals surface area (Å²) in [6.45, 7) is 0.733. The van der Waals surface area contributed by atoms with Crippen LogP contribution in [0.4, 0.5) is 0 Å². The lowest BCUT2D eigenvalue weighted by Crippen LogP contribution is -2.32. The molecule has 0 aromatic carbocycles. The monoisotopic (exact) mass is 152 g/mol. The molecule has 1 saturated heterocycles. The molecule has 1 aliphatic heterocycles. The molecule has 3 heteroatoms. The Labute approximate surface area is 66.4 Å². The highest BCUT2D eigenvalue weighted by Crippen LogP contribution is 2.11. The highest BCUT2D eigenvalue weighted by atomic mass is 16.1. The third-order valence-corrected chi connectivity index (χ3v) is 1.94. The van der Waals surface area contributed by atoms with Crippen LogP contribution in [0.1, 0.15) is 25.7 Å². The SMILES string of the molecule is N#CC1CCCCCNC1=O. The third kappa shape index (κ3) is 2.23. The maximum atomic E-state index is 11.1. The van der Waals surface area contributed by atoms with Gasteiger partial charge in [-0.2, -0.15) is 5.26 Å². The van der Waals surface area contributed by atoms with Crippen molar-refractivity contribution in [1.82, 2.24) is 5.32 Å². The molecule has 1 heterocycles. The summed E-state index contributed by atoms with van der Waals surface area (Å²) in [7, 11) is 0. The van der Waals surface area contributed by atoms with E-state index in [0.717, 1.165) is 32.2 Å². The first-order valence-electron chi connectivity index (χ1n) is 4.02. The second-order valence-corrected chi connectivity index (χ2v) is 2.82. The minimum atomic E-state index is -0.407. The van der Waals surface area contributed by atoms with Gasteiger partial charge in [0, 0.05) is 6.54 Å². The topological polar surface area (TPSA) is 52.9 Å². The lowest BCUT2D eigenvalue weighted by atomic mass is 10.00. The minimum Gasteiger partial charge on any atom is -0.355 e. The fraction of sp³-hybridized carbons (Fsp3) is 0.750. The van der Waals surface area contributed by atoms with Crippen LogP contribution in [0.5, 0.6) is 0 Å². The van der Waals surface area contributed by atoms with Gasteiger partial charge in [-0.3, -0.25) is 4.79 Å². The van der Waals surface area contributed by atoms with E-state index in [0.29, 0.717) is 0 Å². The van der Waals surface area contributed by atoms with Gasteiger partial charge in [0.2, 0.25) is 5.91 Å². The average Bonchev–Trinajstić information content (AvgIpc) is 1.98. The highest BCUT2D eigenvalue weighted by Gasteiger charge is 2.17. The molecule has 60 valence electrons. The first-order valence-corrected chi connectivity index (χ1v) is 4.02. The Morgan fingerprint density at radius 3 is 3.00 bits per heavy atom. The summed E-state index contributed by atoms with van der Waals surface area (Å²) < 4.78 is 0. The summed E-state index contributed by atoms with van der Waals surface area (Å²) in [6.07, 6.45) is 3.90. The van der Waals surface area contributed by atoms with Crippen LogP contribution in [-0.2, 0) is 4.79 Å². The molecule has 1 aliphatic rings. The van der Waals surface area contributed by atoms with Crippen molar-refractivity contribution in [2.75, 3.05) is 6.54 Å².